The molecule has 1 N–H and O–H groups in total. The maximum atomic E-state index is 11.0. The van der Waals surface area contributed by atoms with Crippen LogP contribution in [-0.4, -0.2) is 9.91 Å². The number of nitro groups is 1. The minimum atomic E-state index is -0.450. The zero-order valence-electron chi connectivity index (χ0n) is 11.0. The molecule has 6 nitrogen and oxygen atoms in total. The van der Waals surface area contributed by atoms with Crippen LogP contribution in [-0.2, 0) is 0 Å². The third kappa shape index (κ3) is 2.90. The number of nitrogens with zero attached hydrogens (tertiary/aromatic N) is 2. The summed E-state index contributed by atoms with van der Waals surface area (Å²) in [5.41, 5.74) is 0.677. The van der Waals surface area contributed by atoms with Crippen molar-refractivity contribution in [1.82, 2.24) is 4.98 Å². The van der Waals surface area contributed by atoms with E-state index in [-0.39, 0.29) is 17.5 Å². The Morgan fingerprint density at radius 3 is 2.63 bits per heavy atom. The second-order valence-electron chi connectivity index (χ2n) is 4.39. The third-order valence-corrected chi connectivity index (χ3v) is 2.75. The summed E-state index contributed by atoms with van der Waals surface area (Å²) in [5, 5.41) is 14.0. The Morgan fingerprint density at radius 2 is 2.05 bits per heavy atom. The molecule has 0 amide bonds. The van der Waals surface area contributed by atoms with Crippen molar-refractivity contribution >= 4 is 11.5 Å². The molecule has 0 fully saturated rings. The molecule has 19 heavy (non-hydrogen) atoms. The molecule has 0 bridgehead atoms. The van der Waals surface area contributed by atoms with Gasteiger partial charge in [0.05, 0.1) is 11.0 Å². The monoisotopic (exact) mass is 261 g/mol. The Kier molecular flexibility index (Phi) is 3.50. The van der Waals surface area contributed by atoms with E-state index >= 15 is 0 Å². The van der Waals surface area contributed by atoms with Crippen molar-refractivity contribution in [3.63, 3.8) is 0 Å². The van der Waals surface area contributed by atoms with Gasteiger partial charge in [-0.05, 0) is 39.0 Å². The summed E-state index contributed by atoms with van der Waals surface area (Å²) in [6, 6.07) is 6.57. The van der Waals surface area contributed by atoms with E-state index < -0.39 is 4.92 Å². The number of furan rings is 1. The largest absolute Gasteiger partial charge is 0.464 e. The van der Waals surface area contributed by atoms with E-state index in [1.165, 1.54) is 6.07 Å². The first-order chi connectivity index (χ1) is 8.97. The molecule has 1 atom stereocenters. The SMILES string of the molecule is Cc1ccc([N+](=O)[O-])c(NC(C)c2ccc(C)o2)n1. The van der Waals surface area contributed by atoms with Crippen molar-refractivity contribution < 1.29 is 9.34 Å². The molecule has 0 saturated carbocycles. The molecule has 0 saturated heterocycles. The summed E-state index contributed by atoms with van der Waals surface area (Å²) < 4.78 is 5.49. The van der Waals surface area contributed by atoms with Gasteiger partial charge in [-0.2, -0.15) is 0 Å². The van der Waals surface area contributed by atoms with E-state index in [4.69, 9.17) is 4.42 Å². The molecule has 0 aromatic carbocycles. The Bertz CT molecular complexity index is 607. The second-order valence-corrected chi connectivity index (χ2v) is 4.39. The van der Waals surface area contributed by atoms with E-state index in [1.54, 1.807) is 13.0 Å². The quantitative estimate of drug-likeness (QED) is 0.674. The molecule has 2 aromatic rings. The lowest BCUT2D eigenvalue weighted by atomic mass is 10.2. The molecule has 1 unspecified atom stereocenters. The van der Waals surface area contributed by atoms with Gasteiger partial charge >= 0.3 is 5.69 Å². The van der Waals surface area contributed by atoms with E-state index in [2.05, 4.69) is 10.3 Å². The smallest absolute Gasteiger partial charge is 0.311 e. The van der Waals surface area contributed by atoms with E-state index in [0.29, 0.717) is 0 Å². The van der Waals surface area contributed by atoms with Crippen molar-refractivity contribution in [2.24, 2.45) is 0 Å². The fourth-order valence-electron chi connectivity index (χ4n) is 1.77. The van der Waals surface area contributed by atoms with Crippen molar-refractivity contribution in [2.75, 3.05) is 5.32 Å². The highest BCUT2D eigenvalue weighted by molar-refractivity contribution is 5.56. The van der Waals surface area contributed by atoms with Crippen LogP contribution in [0.5, 0.6) is 0 Å². The first kappa shape index (κ1) is 13.1. The van der Waals surface area contributed by atoms with E-state index in [9.17, 15) is 10.1 Å². The Morgan fingerprint density at radius 1 is 1.32 bits per heavy atom. The van der Waals surface area contributed by atoms with Gasteiger partial charge in [-0.15, -0.1) is 0 Å². The maximum absolute atomic E-state index is 11.0. The zero-order chi connectivity index (χ0) is 14.0. The molecular formula is C13H15N3O3. The topological polar surface area (TPSA) is 81.2 Å². The van der Waals surface area contributed by atoms with Crippen LogP contribution in [0.3, 0.4) is 0 Å². The molecule has 6 heteroatoms. The average Bonchev–Trinajstić information content (AvgIpc) is 2.75. The highest BCUT2D eigenvalue weighted by Crippen LogP contribution is 2.27. The number of rotatable bonds is 4. The summed E-state index contributed by atoms with van der Waals surface area (Å²) in [7, 11) is 0. The van der Waals surface area contributed by atoms with Gasteiger partial charge in [0.15, 0.2) is 0 Å². The average molecular weight is 261 g/mol. The summed E-state index contributed by atoms with van der Waals surface area (Å²) >= 11 is 0. The number of hydrogen-bond acceptors (Lipinski definition) is 5. The number of pyridine rings is 1. The fraction of sp³-hybridized carbons (Fsp3) is 0.308. The summed E-state index contributed by atoms with van der Waals surface area (Å²) in [5.74, 6) is 1.78. The third-order valence-electron chi connectivity index (χ3n) is 2.75. The molecule has 0 aliphatic heterocycles. The van der Waals surface area contributed by atoms with Crippen LogP contribution >= 0.6 is 0 Å². The Labute approximate surface area is 110 Å². The fourth-order valence-corrected chi connectivity index (χ4v) is 1.77. The van der Waals surface area contributed by atoms with E-state index in [0.717, 1.165) is 17.2 Å². The van der Waals surface area contributed by atoms with Gasteiger partial charge in [-0.25, -0.2) is 4.98 Å². The maximum Gasteiger partial charge on any atom is 0.311 e. The molecule has 0 radical (unpaired) electrons. The highest BCUT2D eigenvalue weighted by Gasteiger charge is 2.18. The summed E-state index contributed by atoms with van der Waals surface area (Å²) in [6.45, 7) is 5.51. The molecule has 100 valence electrons. The Hall–Kier alpha value is -2.37. The number of nitrogens with one attached hydrogen (secondary N) is 1. The standard InChI is InChI=1S/C13H15N3O3/c1-8-4-6-11(16(17)18)13(14-8)15-10(3)12-7-5-9(2)19-12/h4-7,10H,1-3H3,(H,14,15). The van der Waals surface area contributed by atoms with Crippen molar-refractivity contribution in [3.05, 3.63) is 51.6 Å². The van der Waals surface area contributed by atoms with Crippen LogP contribution in [0, 0.1) is 24.0 Å². The van der Waals surface area contributed by atoms with Gasteiger partial charge in [-0.3, -0.25) is 10.1 Å². The van der Waals surface area contributed by atoms with Gasteiger partial charge in [0, 0.05) is 11.8 Å². The normalized spacial score (nSPS) is 12.2. The molecule has 2 rings (SSSR count). The molecular weight excluding hydrogens is 246 g/mol. The number of anilines is 1. The summed E-state index contributed by atoms with van der Waals surface area (Å²) in [6.07, 6.45) is 0. The molecule has 0 spiro atoms. The zero-order valence-corrected chi connectivity index (χ0v) is 11.0. The lowest BCUT2D eigenvalue weighted by molar-refractivity contribution is -0.384. The second kappa shape index (κ2) is 5.09. The summed E-state index contributed by atoms with van der Waals surface area (Å²) in [4.78, 5) is 14.7. The molecule has 2 heterocycles. The predicted octanol–water partition coefficient (Wildman–Crippen LogP) is 3.37. The molecule has 2 aromatic heterocycles. The van der Waals surface area contributed by atoms with Crippen molar-refractivity contribution in [2.45, 2.75) is 26.8 Å². The highest BCUT2D eigenvalue weighted by atomic mass is 16.6. The van der Waals surface area contributed by atoms with E-state index in [1.807, 2.05) is 26.0 Å². The minimum Gasteiger partial charge on any atom is -0.464 e. The van der Waals surface area contributed by atoms with Gasteiger partial charge in [-0.1, -0.05) is 0 Å². The molecule has 0 aliphatic carbocycles. The van der Waals surface area contributed by atoms with Crippen molar-refractivity contribution in [1.29, 1.82) is 0 Å². The van der Waals surface area contributed by atoms with Crippen LogP contribution in [0.15, 0.2) is 28.7 Å². The Balaban J connectivity index is 2.27. The predicted molar refractivity (Wildman–Crippen MR) is 71.1 cm³/mol. The van der Waals surface area contributed by atoms with Crippen LogP contribution in [0.4, 0.5) is 11.5 Å². The van der Waals surface area contributed by atoms with Crippen LogP contribution in [0.2, 0.25) is 0 Å². The van der Waals surface area contributed by atoms with Gasteiger partial charge in [0.1, 0.15) is 11.5 Å². The number of aryl methyl sites for hydroxylation is 2. The number of hydrogen-bond donors (Lipinski definition) is 1. The van der Waals surface area contributed by atoms with Crippen LogP contribution in [0.1, 0.15) is 30.2 Å². The minimum absolute atomic E-state index is 0.0410. The van der Waals surface area contributed by atoms with Crippen LogP contribution < -0.4 is 5.32 Å². The van der Waals surface area contributed by atoms with Crippen molar-refractivity contribution in [3.8, 4) is 0 Å². The van der Waals surface area contributed by atoms with Gasteiger partial charge in [0.2, 0.25) is 5.82 Å². The first-order valence-electron chi connectivity index (χ1n) is 5.92. The lowest BCUT2D eigenvalue weighted by Crippen LogP contribution is -2.09. The number of aromatic nitrogens is 1. The lowest BCUT2D eigenvalue weighted by Gasteiger charge is -2.12. The van der Waals surface area contributed by atoms with Gasteiger partial charge < -0.3 is 9.73 Å². The first-order valence-corrected chi connectivity index (χ1v) is 5.92. The van der Waals surface area contributed by atoms with Gasteiger partial charge in [0.25, 0.3) is 0 Å². The van der Waals surface area contributed by atoms with Crippen LogP contribution in [0.25, 0.3) is 0 Å². The molecule has 0 aliphatic rings.